The van der Waals surface area contributed by atoms with Crippen molar-refractivity contribution in [2.24, 2.45) is 0 Å². The van der Waals surface area contributed by atoms with Crippen molar-refractivity contribution >= 4 is 18.9 Å². The lowest BCUT2D eigenvalue weighted by Gasteiger charge is -2.25. The van der Waals surface area contributed by atoms with Gasteiger partial charge in [-0.2, -0.15) is 0 Å². The standard InChI is InChI=1S/C9H20N2O2S/c1-9(2,3)13-8(12)10(4)6-7-11(5)14/h14H,6-7H2,1-5H3. The molecule has 0 spiro atoms. The number of hydrogen-bond acceptors (Lipinski definition) is 4. The summed E-state index contributed by atoms with van der Waals surface area (Å²) in [7, 11) is 3.55. The van der Waals surface area contributed by atoms with Gasteiger partial charge in [-0.15, -0.1) is 0 Å². The first-order valence-electron chi connectivity index (χ1n) is 4.56. The van der Waals surface area contributed by atoms with E-state index in [4.69, 9.17) is 4.74 Å². The second-order valence-electron chi connectivity index (χ2n) is 4.28. The molecule has 5 heteroatoms. The lowest BCUT2D eigenvalue weighted by molar-refractivity contribution is 0.0296. The van der Waals surface area contributed by atoms with E-state index in [-0.39, 0.29) is 6.09 Å². The highest BCUT2D eigenvalue weighted by Crippen LogP contribution is 2.08. The second kappa shape index (κ2) is 5.46. The molecule has 0 radical (unpaired) electrons. The van der Waals surface area contributed by atoms with Crippen molar-refractivity contribution in [2.75, 3.05) is 27.2 Å². The lowest BCUT2D eigenvalue weighted by Crippen LogP contribution is -2.37. The van der Waals surface area contributed by atoms with Gasteiger partial charge in [0, 0.05) is 20.1 Å². The van der Waals surface area contributed by atoms with Crippen molar-refractivity contribution in [3.63, 3.8) is 0 Å². The Hall–Kier alpha value is -0.420. The van der Waals surface area contributed by atoms with Crippen LogP contribution < -0.4 is 0 Å². The highest BCUT2D eigenvalue weighted by atomic mass is 32.1. The number of carbonyl (C=O) groups excluding carboxylic acids is 1. The Kier molecular flexibility index (Phi) is 5.29. The van der Waals surface area contributed by atoms with Crippen LogP contribution in [-0.4, -0.2) is 48.1 Å². The van der Waals surface area contributed by atoms with E-state index in [1.807, 2.05) is 27.8 Å². The summed E-state index contributed by atoms with van der Waals surface area (Å²) >= 11 is 4.08. The first-order valence-corrected chi connectivity index (χ1v) is 4.96. The number of likely N-dealkylation sites (N-methyl/N-ethyl adjacent to an activating group) is 2. The van der Waals surface area contributed by atoms with E-state index in [9.17, 15) is 4.79 Å². The number of nitrogens with zero attached hydrogens (tertiary/aromatic N) is 2. The third kappa shape index (κ3) is 7.03. The monoisotopic (exact) mass is 220 g/mol. The quantitative estimate of drug-likeness (QED) is 0.734. The van der Waals surface area contributed by atoms with Crippen molar-refractivity contribution in [1.29, 1.82) is 0 Å². The molecule has 0 saturated heterocycles. The highest BCUT2D eigenvalue weighted by molar-refractivity contribution is 7.77. The van der Waals surface area contributed by atoms with E-state index in [2.05, 4.69) is 12.8 Å². The molecule has 0 fully saturated rings. The minimum Gasteiger partial charge on any atom is -0.444 e. The predicted molar refractivity (Wildman–Crippen MR) is 60.5 cm³/mol. The van der Waals surface area contributed by atoms with Crippen LogP contribution in [0.2, 0.25) is 0 Å². The minimum atomic E-state index is -0.432. The molecule has 84 valence electrons. The molecule has 0 aromatic carbocycles. The molecular formula is C9H20N2O2S. The van der Waals surface area contributed by atoms with Crippen molar-refractivity contribution in [1.82, 2.24) is 9.21 Å². The van der Waals surface area contributed by atoms with Gasteiger partial charge in [0.2, 0.25) is 0 Å². The van der Waals surface area contributed by atoms with Crippen LogP contribution in [0.3, 0.4) is 0 Å². The van der Waals surface area contributed by atoms with Gasteiger partial charge in [0.05, 0.1) is 0 Å². The fourth-order valence-corrected chi connectivity index (χ4v) is 0.815. The maximum atomic E-state index is 11.4. The predicted octanol–water partition coefficient (Wildman–Crippen LogP) is 1.63. The Bertz CT molecular complexity index is 190. The molecule has 0 atom stereocenters. The Labute approximate surface area is 91.7 Å². The molecule has 0 aliphatic heterocycles. The van der Waals surface area contributed by atoms with E-state index in [1.54, 1.807) is 11.4 Å². The fourth-order valence-electron chi connectivity index (χ4n) is 0.726. The van der Waals surface area contributed by atoms with Crippen LogP contribution in [-0.2, 0) is 4.74 Å². The first-order chi connectivity index (χ1) is 6.22. The number of rotatable bonds is 3. The zero-order valence-electron chi connectivity index (χ0n) is 9.57. The van der Waals surface area contributed by atoms with E-state index in [0.29, 0.717) is 13.1 Å². The molecule has 0 unspecified atom stereocenters. The Morgan fingerprint density at radius 3 is 2.14 bits per heavy atom. The average Bonchev–Trinajstić information content (AvgIpc) is 1.96. The SMILES string of the molecule is CN(S)CCN(C)C(=O)OC(C)(C)C. The third-order valence-electron chi connectivity index (χ3n) is 1.46. The van der Waals surface area contributed by atoms with Crippen LogP contribution >= 0.6 is 12.8 Å². The molecular weight excluding hydrogens is 200 g/mol. The second-order valence-corrected chi connectivity index (χ2v) is 4.97. The molecule has 0 N–H and O–H groups in total. The highest BCUT2D eigenvalue weighted by Gasteiger charge is 2.19. The van der Waals surface area contributed by atoms with Crippen LogP contribution in [0.4, 0.5) is 4.79 Å². The number of amides is 1. The van der Waals surface area contributed by atoms with Gasteiger partial charge >= 0.3 is 6.09 Å². The van der Waals surface area contributed by atoms with Gasteiger partial charge in [0.1, 0.15) is 5.60 Å². The molecule has 14 heavy (non-hydrogen) atoms. The molecule has 0 rings (SSSR count). The van der Waals surface area contributed by atoms with Gasteiger partial charge in [-0.25, -0.2) is 4.79 Å². The number of hydrogen-bond donors (Lipinski definition) is 1. The fraction of sp³-hybridized carbons (Fsp3) is 0.889. The van der Waals surface area contributed by atoms with Crippen LogP contribution in [0.15, 0.2) is 0 Å². The van der Waals surface area contributed by atoms with Crippen molar-refractivity contribution < 1.29 is 9.53 Å². The van der Waals surface area contributed by atoms with E-state index >= 15 is 0 Å². The first kappa shape index (κ1) is 13.6. The van der Waals surface area contributed by atoms with Crippen LogP contribution in [0, 0.1) is 0 Å². The van der Waals surface area contributed by atoms with Crippen molar-refractivity contribution in [3.8, 4) is 0 Å². The topological polar surface area (TPSA) is 32.8 Å². The van der Waals surface area contributed by atoms with Crippen LogP contribution in [0.1, 0.15) is 20.8 Å². The molecule has 0 heterocycles. The summed E-state index contributed by atoms with van der Waals surface area (Å²) in [5.74, 6) is 0. The van der Waals surface area contributed by atoms with Crippen LogP contribution in [0.5, 0.6) is 0 Å². The Balaban J connectivity index is 3.88. The summed E-state index contributed by atoms with van der Waals surface area (Å²) in [4.78, 5) is 13.0. The number of thiol groups is 1. The Morgan fingerprint density at radius 1 is 1.29 bits per heavy atom. The normalized spacial score (nSPS) is 11.6. The maximum absolute atomic E-state index is 11.4. The van der Waals surface area contributed by atoms with Crippen LogP contribution in [0.25, 0.3) is 0 Å². The summed E-state index contributed by atoms with van der Waals surface area (Å²) in [6.07, 6.45) is -0.298. The van der Waals surface area contributed by atoms with Gasteiger partial charge in [0.25, 0.3) is 0 Å². The van der Waals surface area contributed by atoms with Crippen molar-refractivity contribution in [2.45, 2.75) is 26.4 Å². The molecule has 0 aliphatic rings. The summed E-state index contributed by atoms with van der Waals surface area (Å²) < 4.78 is 6.90. The van der Waals surface area contributed by atoms with E-state index in [0.717, 1.165) is 0 Å². The Morgan fingerprint density at radius 2 is 1.79 bits per heavy atom. The van der Waals surface area contributed by atoms with E-state index < -0.39 is 5.60 Å². The van der Waals surface area contributed by atoms with Gasteiger partial charge in [-0.1, -0.05) is 12.8 Å². The number of ether oxygens (including phenoxy) is 1. The summed E-state index contributed by atoms with van der Waals surface area (Å²) in [5.41, 5.74) is -0.432. The smallest absolute Gasteiger partial charge is 0.410 e. The lowest BCUT2D eigenvalue weighted by atomic mass is 10.2. The van der Waals surface area contributed by atoms with Crippen molar-refractivity contribution in [3.05, 3.63) is 0 Å². The largest absolute Gasteiger partial charge is 0.444 e. The van der Waals surface area contributed by atoms with Gasteiger partial charge in [-0.3, -0.25) is 4.31 Å². The summed E-state index contributed by atoms with van der Waals surface area (Å²) in [5, 5.41) is 0. The summed E-state index contributed by atoms with van der Waals surface area (Å²) in [6.45, 7) is 6.87. The average molecular weight is 220 g/mol. The third-order valence-corrected chi connectivity index (χ3v) is 1.66. The van der Waals surface area contributed by atoms with Gasteiger partial charge in [0.15, 0.2) is 0 Å². The minimum absolute atomic E-state index is 0.298. The molecule has 1 amide bonds. The molecule has 0 aromatic heterocycles. The molecule has 0 bridgehead atoms. The van der Waals surface area contributed by atoms with E-state index in [1.165, 1.54) is 4.90 Å². The number of carbonyl (C=O) groups is 1. The molecule has 0 aromatic rings. The molecule has 0 aliphatic carbocycles. The zero-order valence-corrected chi connectivity index (χ0v) is 10.5. The molecule has 0 saturated carbocycles. The maximum Gasteiger partial charge on any atom is 0.410 e. The van der Waals surface area contributed by atoms with Gasteiger partial charge < -0.3 is 9.64 Å². The zero-order chi connectivity index (χ0) is 11.4. The van der Waals surface area contributed by atoms with Gasteiger partial charge in [-0.05, 0) is 27.8 Å². The molecule has 4 nitrogen and oxygen atoms in total. The summed E-state index contributed by atoms with van der Waals surface area (Å²) in [6, 6.07) is 0.